The lowest BCUT2D eigenvalue weighted by Gasteiger charge is -2.16. The third-order valence-corrected chi connectivity index (χ3v) is 6.14. The van der Waals surface area contributed by atoms with Crippen LogP contribution in [0.5, 0.6) is 5.75 Å². The minimum atomic E-state index is -2.18. The molecule has 0 saturated heterocycles. The van der Waals surface area contributed by atoms with E-state index in [4.69, 9.17) is 11.6 Å². The van der Waals surface area contributed by atoms with Gasteiger partial charge in [0.15, 0.2) is 16.7 Å². The molecule has 4 bridgehead atoms. The highest BCUT2D eigenvalue weighted by atomic mass is 35.5. The van der Waals surface area contributed by atoms with E-state index in [0.29, 0.717) is 18.1 Å². The van der Waals surface area contributed by atoms with Crippen molar-refractivity contribution >= 4 is 34.2 Å². The van der Waals surface area contributed by atoms with Gasteiger partial charge in [-0.05, 0) is 35.7 Å². The lowest BCUT2D eigenvalue weighted by atomic mass is 9.96. The minimum absolute atomic E-state index is 0.0913. The quantitative estimate of drug-likeness (QED) is 0.476. The molecule has 0 aromatic heterocycles. The lowest BCUT2D eigenvalue weighted by molar-refractivity contribution is 0.0954. The number of hydrogen-bond acceptors (Lipinski definition) is 3. The van der Waals surface area contributed by atoms with Gasteiger partial charge in [-0.25, -0.2) is 13.0 Å². The van der Waals surface area contributed by atoms with E-state index in [9.17, 15) is 22.9 Å². The summed E-state index contributed by atoms with van der Waals surface area (Å²) in [6, 6.07) is 11.4. The van der Waals surface area contributed by atoms with Crippen molar-refractivity contribution < 1.29 is 22.9 Å². The first-order valence-electron chi connectivity index (χ1n) is 8.91. The van der Waals surface area contributed by atoms with E-state index in [-0.39, 0.29) is 33.3 Å². The van der Waals surface area contributed by atoms with E-state index in [1.54, 1.807) is 24.3 Å². The van der Waals surface area contributed by atoms with Gasteiger partial charge < -0.3 is 10.4 Å². The van der Waals surface area contributed by atoms with Gasteiger partial charge in [-0.2, -0.15) is 0 Å². The number of anilines is 1. The third kappa shape index (κ3) is 3.76. The van der Waals surface area contributed by atoms with Gasteiger partial charge in [-0.15, -0.1) is 0 Å². The van der Waals surface area contributed by atoms with Gasteiger partial charge in [-0.1, -0.05) is 35.9 Å². The van der Waals surface area contributed by atoms with Crippen LogP contribution in [0.4, 0.5) is 14.5 Å². The number of halogens is 3. The van der Waals surface area contributed by atoms with Crippen LogP contribution >= 0.6 is 11.6 Å². The zero-order valence-corrected chi connectivity index (χ0v) is 16.9. The zero-order chi connectivity index (χ0) is 21.4. The molecule has 4 rings (SSSR count). The SMILES string of the molecule is O=C1NCCc2ccccc2-c2cc(c(F)cc2F)NS(=O)c2cc1cc(Cl)c2O. The van der Waals surface area contributed by atoms with E-state index >= 15 is 0 Å². The molecule has 0 fully saturated rings. The molecule has 9 heteroatoms. The summed E-state index contributed by atoms with van der Waals surface area (Å²) in [6.07, 6.45) is 0.395. The summed E-state index contributed by atoms with van der Waals surface area (Å²) in [7, 11) is -2.18. The Balaban J connectivity index is 1.91. The molecule has 5 nitrogen and oxygen atoms in total. The summed E-state index contributed by atoms with van der Waals surface area (Å²) in [5.74, 6) is -2.71. The van der Waals surface area contributed by atoms with Crippen molar-refractivity contribution in [1.29, 1.82) is 0 Å². The Morgan fingerprint density at radius 1 is 1.03 bits per heavy atom. The van der Waals surface area contributed by atoms with Crippen LogP contribution in [0, 0.1) is 11.6 Å². The summed E-state index contributed by atoms with van der Waals surface area (Å²) < 4.78 is 44.2. The van der Waals surface area contributed by atoms with Crippen LogP contribution in [-0.2, 0) is 17.4 Å². The largest absolute Gasteiger partial charge is 0.505 e. The number of phenols is 1. The molecule has 1 aliphatic rings. The van der Waals surface area contributed by atoms with Gasteiger partial charge in [0.25, 0.3) is 5.91 Å². The highest BCUT2D eigenvalue weighted by Crippen LogP contribution is 2.35. The van der Waals surface area contributed by atoms with Crippen LogP contribution in [0.1, 0.15) is 15.9 Å². The Kier molecular flexibility index (Phi) is 5.44. The minimum Gasteiger partial charge on any atom is -0.505 e. The summed E-state index contributed by atoms with van der Waals surface area (Å²) in [4.78, 5) is 12.3. The monoisotopic (exact) mass is 448 g/mol. The fraction of sp³-hybridized carbons (Fsp3) is 0.0952. The molecule has 1 unspecified atom stereocenters. The zero-order valence-electron chi connectivity index (χ0n) is 15.3. The number of amides is 1. The Morgan fingerprint density at radius 2 is 1.80 bits per heavy atom. The van der Waals surface area contributed by atoms with Gasteiger partial charge in [0.2, 0.25) is 0 Å². The lowest BCUT2D eigenvalue weighted by Crippen LogP contribution is -2.26. The fourth-order valence-electron chi connectivity index (χ4n) is 3.25. The van der Waals surface area contributed by atoms with Crippen molar-refractivity contribution in [3.05, 3.63) is 76.3 Å². The van der Waals surface area contributed by atoms with Crippen molar-refractivity contribution in [2.45, 2.75) is 11.3 Å². The first-order valence-corrected chi connectivity index (χ1v) is 10.4. The van der Waals surface area contributed by atoms with Gasteiger partial charge in [0.05, 0.1) is 10.7 Å². The molecule has 1 atom stereocenters. The molecule has 3 aromatic carbocycles. The van der Waals surface area contributed by atoms with E-state index in [1.807, 2.05) is 0 Å². The Labute approximate surface area is 178 Å². The van der Waals surface area contributed by atoms with Gasteiger partial charge >= 0.3 is 0 Å². The number of aromatic hydroxyl groups is 1. The molecule has 0 saturated carbocycles. The van der Waals surface area contributed by atoms with Crippen molar-refractivity contribution in [2.24, 2.45) is 0 Å². The highest BCUT2D eigenvalue weighted by molar-refractivity contribution is 7.86. The number of hydrogen-bond donors (Lipinski definition) is 3. The number of fused-ring (bicyclic) bond motifs is 6. The average Bonchev–Trinajstić information content (AvgIpc) is 2.71. The summed E-state index contributed by atoms with van der Waals surface area (Å²) in [5.41, 5.74) is 1.26. The molecule has 1 heterocycles. The maximum Gasteiger partial charge on any atom is 0.251 e. The number of phenolic OH excluding ortho intramolecular Hbond substituents is 1. The van der Waals surface area contributed by atoms with Crippen LogP contribution in [0.3, 0.4) is 0 Å². The Bertz CT molecular complexity index is 1200. The van der Waals surface area contributed by atoms with E-state index in [1.165, 1.54) is 18.2 Å². The van der Waals surface area contributed by atoms with Crippen LogP contribution in [0.2, 0.25) is 5.02 Å². The number of carbonyl (C=O) groups is 1. The third-order valence-electron chi connectivity index (χ3n) is 4.74. The number of benzene rings is 3. The van der Waals surface area contributed by atoms with Crippen molar-refractivity contribution in [3.63, 3.8) is 0 Å². The summed E-state index contributed by atoms with van der Waals surface area (Å²) >= 11 is 5.98. The van der Waals surface area contributed by atoms with Gasteiger partial charge in [-0.3, -0.25) is 9.52 Å². The summed E-state index contributed by atoms with van der Waals surface area (Å²) in [5, 5.41) is 12.7. The van der Waals surface area contributed by atoms with Crippen molar-refractivity contribution in [1.82, 2.24) is 5.32 Å². The van der Waals surface area contributed by atoms with E-state index in [0.717, 1.165) is 5.56 Å². The first kappa shape index (κ1) is 20.3. The first-order chi connectivity index (χ1) is 14.3. The molecule has 3 aromatic rings. The molecule has 3 N–H and O–H groups in total. The number of carbonyl (C=O) groups excluding carboxylic acids is 1. The van der Waals surface area contributed by atoms with Crippen LogP contribution < -0.4 is 10.0 Å². The average molecular weight is 449 g/mol. The molecule has 30 heavy (non-hydrogen) atoms. The molecule has 1 aliphatic heterocycles. The highest BCUT2D eigenvalue weighted by Gasteiger charge is 2.21. The standard InChI is InChI=1S/C21H15ClF2N2O3S/c22-15-7-12-8-19(20(15)27)30(29)26-18-9-14(16(23)10-17(18)24)13-4-2-1-3-11(13)5-6-25-21(12)28/h1-4,7-10,26-27H,5-6H2,(H,25,28). The predicted octanol–water partition coefficient (Wildman–Crippen LogP) is 4.41. The number of nitrogens with one attached hydrogen (secondary N) is 2. The Morgan fingerprint density at radius 3 is 2.60 bits per heavy atom. The second kappa shape index (κ2) is 8.04. The van der Waals surface area contributed by atoms with E-state index in [2.05, 4.69) is 10.0 Å². The smallest absolute Gasteiger partial charge is 0.251 e. The van der Waals surface area contributed by atoms with Crippen molar-refractivity contribution in [3.8, 4) is 16.9 Å². The molecule has 0 radical (unpaired) electrons. The van der Waals surface area contributed by atoms with Crippen LogP contribution in [0.15, 0.2) is 53.4 Å². The van der Waals surface area contributed by atoms with Gasteiger partial charge in [0.1, 0.15) is 16.5 Å². The number of rotatable bonds is 0. The maximum absolute atomic E-state index is 14.6. The molecular formula is C21H15ClF2N2O3S. The molecule has 154 valence electrons. The normalized spacial score (nSPS) is 16.1. The Hall–Kier alpha value is -2.97. The van der Waals surface area contributed by atoms with Crippen LogP contribution in [-0.4, -0.2) is 21.8 Å². The van der Waals surface area contributed by atoms with E-state index < -0.39 is 34.3 Å². The topological polar surface area (TPSA) is 78.4 Å². The molecular weight excluding hydrogens is 434 g/mol. The molecule has 0 aliphatic carbocycles. The second-order valence-electron chi connectivity index (χ2n) is 6.65. The second-order valence-corrected chi connectivity index (χ2v) is 8.24. The van der Waals surface area contributed by atoms with Crippen molar-refractivity contribution in [2.75, 3.05) is 11.3 Å². The van der Waals surface area contributed by atoms with Gasteiger partial charge in [0, 0.05) is 23.7 Å². The fourth-order valence-corrected chi connectivity index (χ4v) is 4.51. The molecule has 1 amide bonds. The maximum atomic E-state index is 14.6. The summed E-state index contributed by atoms with van der Waals surface area (Å²) in [6.45, 7) is 0.237. The predicted molar refractivity (Wildman–Crippen MR) is 111 cm³/mol. The molecule has 0 spiro atoms. The van der Waals surface area contributed by atoms with Crippen LogP contribution in [0.25, 0.3) is 11.1 Å².